The highest BCUT2D eigenvalue weighted by atomic mass is 79.9. The number of nitrogens with one attached hydrogen (secondary N) is 1. The standard InChI is InChI=1S/C10H10BrFN2O/c1-6(11)5-14-10(15)8-4-7(12)2-3-9(8)13/h2-4H,1,5,13H2,(H,14,15). The predicted molar refractivity (Wildman–Crippen MR) is 61.2 cm³/mol. The second-order valence-electron chi connectivity index (χ2n) is 2.93. The Labute approximate surface area is 95.3 Å². The molecule has 3 N–H and O–H groups in total. The zero-order chi connectivity index (χ0) is 11.4. The third-order valence-corrected chi connectivity index (χ3v) is 1.98. The Kier molecular flexibility index (Phi) is 3.85. The quantitative estimate of drug-likeness (QED) is 0.828. The highest BCUT2D eigenvalue weighted by Crippen LogP contribution is 2.13. The van der Waals surface area contributed by atoms with Gasteiger partial charge in [-0.2, -0.15) is 0 Å². The Bertz CT molecular complexity index is 406. The van der Waals surface area contributed by atoms with Crippen molar-refractivity contribution in [3.8, 4) is 0 Å². The fourth-order valence-corrected chi connectivity index (χ4v) is 1.14. The van der Waals surface area contributed by atoms with Crippen molar-refractivity contribution in [1.29, 1.82) is 0 Å². The molecule has 0 aromatic heterocycles. The highest BCUT2D eigenvalue weighted by Gasteiger charge is 2.10. The van der Waals surface area contributed by atoms with Crippen LogP contribution in [0.3, 0.4) is 0 Å². The van der Waals surface area contributed by atoms with Crippen molar-refractivity contribution in [2.75, 3.05) is 12.3 Å². The fourth-order valence-electron chi connectivity index (χ4n) is 0.997. The van der Waals surface area contributed by atoms with E-state index in [9.17, 15) is 9.18 Å². The van der Waals surface area contributed by atoms with E-state index in [0.29, 0.717) is 4.48 Å². The summed E-state index contributed by atoms with van der Waals surface area (Å²) in [4.78, 5) is 11.5. The van der Waals surface area contributed by atoms with Gasteiger partial charge in [0, 0.05) is 16.7 Å². The van der Waals surface area contributed by atoms with Gasteiger partial charge in [-0.3, -0.25) is 4.79 Å². The van der Waals surface area contributed by atoms with E-state index in [2.05, 4.69) is 27.8 Å². The first-order chi connectivity index (χ1) is 7.00. The number of hydrogen-bond donors (Lipinski definition) is 2. The molecule has 0 saturated carbocycles. The molecule has 3 nitrogen and oxygen atoms in total. The zero-order valence-corrected chi connectivity index (χ0v) is 9.47. The molecule has 0 aliphatic heterocycles. The number of benzene rings is 1. The third kappa shape index (κ3) is 3.36. The molecule has 0 aliphatic carbocycles. The Hall–Kier alpha value is -1.36. The number of anilines is 1. The minimum atomic E-state index is -0.494. The lowest BCUT2D eigenvalue weighted by Crippen LogP contribution is -2.25. The van der Waals surface area contributed by atoms with Crippen LogP contribution in [0.5, 0.6) is 0 Å². The van der Waals surface area contributed by atoms with Crippen molar-refractivity contribution in [2.24, 2.45) is 0 Å². The van der Waals surface area contributed by atoms with Crippen LogP contribution in [0.25, 0.3) is 0 Å². The van der Waals surface area contributed by atoms with Crippen LogP contribution in [-0.2, 0) is 0 Å². The number of halogens is 2. The van der Waals surface area contributed by atoms with E-state index >= 15 is 0 Å². The minimum Gasteiger partial charge on any atom is -0.398 e. The minimum absolute atomic E-state index is 0.128. The fraction of sp³-hybridized carbons (Fsp3) is 0.100. The normalized spacial score (nSPS) is 9.73. The van der Waals surface area contributed by atoms with Crippen LogP contribution < -0.4 is 11.1 Å². The van der Waals surface area contributed by atoms with Gasteiger partial charge in [0.15, 0.2) is 0 Å². The van der Waals surface area contributed by atoms with E-state index in [-0.39, 0.29) is 17.8 Å². The Morgan fingerprint density at radius 2 is 2.27 bits per heavy atom. The van der Waals surface area contributed by atoms with Crippen LogP contribution >= 0.6 is 15.9 Å². The molecule has 1 rings (SSSR count). The van der Waals surface area contributed by atoms with Crippen LogP contribution in [0.1, 0.15) is 10.4 Å². The van der Waals surface area contributed by atoms with Crippen LogP contribution in [0, 0.1) is 5.82 Å². The van der Waals surface area contributed by atoms with Gasteiger partial charge in [0.1, 0.15) is 5.82 Å². The Balaban J connectivity index is 2.81. The highest BCUT2D eigenvalue weighted by molar-refractivity contribution is 9.11. The van der Waals surface area contributed by atoms with Gasteiger partial charge in [-0.25, -0.2) is 4.39 Å². The third-order valence-electron chi connectivity index (χ3n) is 1.70. The molecule has 0 fully saturated rings. The number of rotatable bonds is 3. The maximum Gasteiger partial charge on any atom is 0.253 e. The number of amides is 1. The Morgan fingerprint density at radius 3 is 2.87 bits per heavy atom. The average molecular weight is 273 g/mol. The summed E-state index contributed by atoms with van der Waals surface area (Å²) in [6.07, 6.45) is 0. The first kappa shape index (κ1) is 11.7. The molecule has 1 amide bonds. The van der Waals surface area contributed by atoms with Gasteiger partial charge < -0.3 is 11.1 Å². The van der Waals surface area contributed by atoms with Gasteiger partial charge in [0.2, 0.25) is 0 Å². The summed E-state index contributed by atoms with van der Waals surface area (Å²) in [6.45, 7) is 3.83. The lowest BCUT2D eigenvalue weighted by molar-refractivity contribution is 0.0958. The van der Waals surface area contributed by atoms with E-state index in [4.69, 9.17) is 5.73 Å². The molecule has 0 saturated heterocycles. The first-order valence-corrected chi connectivity index (χ1v) is 4.96. The van der Waals surface area contributed by atoms with Crippen molar-refractivity contribution >= 4 is 27.5 Å². The van der Waals surface area contributed by atoms with E-state index < -0.39 is 11.7 Å². The van der Waals surface area contributed by atoms with Gasteiger partial charge in [-0.1, -0.05) is 22.5 Å². The van der Waals surface area contributed by atoms with E-state index in [1.807, 2.05) is 0 Å². The average Bonchev–Trinajstić information content (AvgIpc) is 2.18. The molecule has 0 radical (unpaired) electrons. The number of carbonyl (C=O) groups is 1. The molecule has 0 unspecified atom stereocenters. The van der Waals surface area contributed by atoms with Crippen LogP contribution in [0.4, 0.5) is 10.1 Å². The van der Waals surface area contributed by atoms with Gasteiger partial charge in [-0.15, -0.1) is 0 Å². The molecule has 0 spiro atoms. The molecule has 0 atom stereocenters. The van der Waals surface area contributed by atoms with Crippen LogP contribution in [-0.4, -0.2) is 12.5 Å². The lowest BCUT2D eigenvalue weighted by atomic mass is 10.1. The molecule has 1 aromatic carbocycles. The SMILES string of the molecule is C=C(Br)CNC(=O)c1cc(F)ccc1N. The van der Waals surface area contributed by atoms with Crippen molar-refractivity contribution < 1.29 is 9.18 Å². The zero-order valence-electron chi connectivity index (χ0n) is 7.89. The number of carbonyl (C=O) groups excluding carboxylic acids is 1. The maximum atomic E-state index is 12.8. The summed E-state index contributed by atoms with van der Waals surface area (Å²) in [5.41, 5.74) is 5.91. The van der Waals surface area contributed by atoms with Crippen molar-refractivity contribution in [1.82, 2.24) is 5.32 Å². The predicted octanol–water partition coefficient (Wildman–Crippen LogP) is 2.05. The van der Waals surface area contributed by atoms with E-state index in [0.717, 1.165) is 6.07 Å². The van der Waals surface area contributed by atoms with Gasteiger partial charge in [-0.05, 0) is 18.2 Å². The van der Waals surface area contributed by atoms with Gasteiger partial charge >= 0.3 is 0 Å². The van der Waals surface area contributed by atoms with Gasteiger partial charge in [0.25, 0.3) is 5.91 Å². The molecular weight excluding hydrogens is 263 g/mol. The summed E-state index contributed by atoms with van der Waals surface area (Å²) in [6, 6.07) is 3.66. The number of nitrogen functional groups attached to an aromatic ring is 1. The second-order valence-corrected chi connectivity index (χ2v) is 4.05. The second kappa shape index (κ2) is 4.93. The summed E-state index contributed by atoms with van der Waals surface area (Å²) >= 11 is 3.09. The van der Waals surface area contributed by atoms with Crippen LogP contribution in [0.2, 0.25) is 0 Å². The smallest absolute Gasteiger partial charge is 0.253 e. The molecule has 80 valence electrons. The Morgan fingerprint density at radius 1 is 1.60 bits per heavy atom. The van der Waals surface area contributed by atoms with Crippen molar-refractivity contribution in [2.45, 2.75) is 0 Å². The number of nitrogens with two attached hydrogens (primary N) is 1. The number of hydrogen-bond acceptors (Lipinski definition) is 2. The topological polar surface area (TPSA) is 55.1 Å². The van der Waals surface area contributed by atoms with E-state index in [1.54, 1.807) is 0 Å². The molecule has 0 aliphatic rings. The molecular formula is C10H10BrFN2O. The van der Waals surface area contributed by atoms with Gasteiger partial charge in [0.05, 0.1) is 5.56 Å². The lowest BCUT2D eigenvalue weighted by Gasteiger charge is -2.06. The van der Waals surface area contributed by atoms with Crippen LogP contribution in [0.15, 0.2) is 29.3 Å². The molecule has 0 heterocycles. The van der Waals surface area contributed by atoms with Crippen molar-refractivity contribution in [3.05, 3.63) is 40.6 Å². The summed E-state index contributed by atoms with van der Waals surface area (Å²) in [7, 11) is 0. The molecule has 0 bridgehead atoms. The summed E-state index contributed by atoms with van der Waals surface area (Å²) in [5.74, 6) is -0.917. The first-order valence-electron chi connectivity index (χ1n) is 4.17. The molecule has 1 aromatic rings. The maximum absolute atomic E-state index is 12.8. The van der Waals surface area contributed by atoms with Crippen molar-refractivity contribution in [3.63, 3.8) is 0 Å². The van der Waals surface area contributed by atoms with E-state index in [1.165, 1.54) is 12.1 Å². The molecule has 15 heavy (non-hydrogen) atoms. The summed E-state index contributed by atoms with van der Waals surface area (Å²) in [5, 5.41) is 2.53. The monoisotopic (exact) mass is 272 g/mol. The summed E-state index contributed by atoms with van der Waals surface area (Å²) < 4.78 is 13.5. The molecule has 5 heteroatoms. The largest absolute Gasteiger partial charge is 0.398 e.